The van der Waals surface area contributed by atoms with Crippen molar-refractivity contribution in [3.63, 3.8) is 0 Å². The molecule has 0 aromatic heterocycles. The summed E-state index contributed by atoms with van der Waals surface area (Å²) in [6, 6.07) is 7.32. The molecule has 0 saturated carbocycles. The summed E-state index contributed by atoms with van der Waals surface area (Å²) >= 11 is 1.56. The summed E-state index contributed by atoms with van der Waals surface area (Å²) < 4.78 is 0. The Balaban J connectivity index is 3.26. The van der Waals surface area contributed by atoms with Gasteiger partial charge in [-0.15, -0.1) is 11.8 Å². The van der Waals surface area contributed by atoms with Crippen LogP contribution >= 0.6 is 11.8 Å². The van der Waals surface area contributed by atoms with E-state index in [1.165, 1.54) is 0 Å². The van der Waals surface area contributed by atoms with E-state index < -0.39 is 0 Å². The lowest BCUT2D eigenvalue weighted by atomic mass is 10.2. The first-order valence-electron chi connectivity index (χ1n) is 4.04. The van der Waals surface area contributed by atoms with E-state index in [-0.39, 0.29) is 0 Å². The van der Waals surface area contributed by atoms with Crippen LogP contribution in [0.1, 0.15) is 12.5 Å². The molecule has 1 rings (SSSR count). The Morgan fingerprint density at radius 2 is 2.43 bits per heavy atom. The SMILES string of the molecule is CCSc1cccc(N=[N+]=[N-])c1C#N. The molecule has 1 aromatic rings. The van der Waals surface area contributed by atoms with Gasteiger partial charge in [0.2, 0.25) is 0 Å². The highest BCUT2D eigenvalue weighted by Crippen LogP contribution is 2.29. The molecule has 0 spiro atoms. The molecule has 0 aliphatic carbocycles. The summed E-state index contributed by atoms with van der Waals surface area (Å²) in [6.07, 6.45) is 0. The van der Waals surface area contributed by atoms with Gasteiger partial charge in [0.15, 0.2) is 0 Å². The van der Waals surface area contributed by atoms with Crippen molar-refractivity contribution >= 4 is 17.4 Å². The minimum Gasteiger partial charge on any atom is -0.192 e. The summed E-state index contributed by atoms with van der Waals surface area (Å²) in [5.41, 5.74) is 9.15. The average Bonchev–Trinajstić information content (AvgIpc) is 2.19. The predicted molar refractivity (Wildman–Crippen MR) is 56.4 cm³/mol. The van der Waals surface area contributed by atoms with Crippen LogP contribution in [0.3, 0.4) is 0 Å². The van der Waals surface area contributed by atoms with E-state index in [2.05, 4.69) is 10.0 Å². The van der Waals surface area contributed by atoms with Crippen LogP contribution in [0.25, 0.3) is 10.4 Å². The molecule has 0 saturated heterocycles. The van der Waals surface area contributed by atoms with Crippen molar-refractivity contribution in [3.05, 3.63) is 34.2 Å². The van der Waals surface area contributed by atoms with E-state index >= 15 is 0 Å². The number of azide groups is 1. The fraction of sp³-hybridized carbons (Fsp3) is 0.222. The highest BCUT2D eigenvalue weighted by atomic mass is 32.2. The topological polar surface area (TPSA) is 72.6 Å². The van der Waals surface area contributed by atoms with Gasteiger partial charge in [-0.25, -0.2) is 0 Å². The van der Waals surface area contributed by atoms with Crippen LogP contribution in [-0.2, 0) is 0 Å². The number of rotatable bonds is 3. The van der Waals surface area contributed by atoms with Gasteiger partial charge in [-0.1, -0.05) is 24.2 Å². The van der Waals surface area contributed by atoms with Crippen molar-refractivity contribution in [2.45, 2.75) is 11.8 Å². The van der Waals surface area contributed by atoms with Crippen LogP contribution in [0.5, 0.6) is 0 Å². The minimum atomic E-state index is 0.397. The number of nitrogens with zero attached hydrogens (tertiary/aromatic N) is 4. The quantitative estimate of drug-likeness (QED) is 0.326. The van der Waals surface area contributed by atoms with Gasteiger partial charge in [0.25, 0.3) is 0 Å². The Morgan fingerprint density at radius 1 is 1.64 bits per heavy atom. The summed E-state index contributed by atoms with van der Waals surface area (Å²) in [5, 5.41) is 12.4. The van der Waals surface area contributed by atoms with Gasteiger partial charge in [0.1, 0.15) is 6.07 Å². The minimum absolute atomic E-state index is 0.397. The van der Waals surface area contributed by atoms with Crippen LogP contribution < -0.4 is 0 Å². The van der Waals surface area contributed by atoms with Crippen molar-refractivity contribution < 1.29 is 0 Å². The van der Waals surface area contributed by atoms with Gasteiger partial charge in [0, 0.05) is 9.81 Å². The van der Waals surface area contributed by atoms with Crippen LogP contribution in [0.15, 0.2) is 28.2 Å². The summed E-state index contributed by atoms with van der Waals surface area (Å²) in [6.45, 7) is 2.01. The molecular weight excluding hydrogens is 196 g/mol. The second-order valence-corrected chi connectivity index (χ2v) is 3.69. The Hall–Kier alpha value is -1.63. The lowest BCUT2D eigenvalue weighted by molar-refractivity contribution is 1.32. The van der Waals surface area contributed by atoms with Gasteiger partial charge in [0.05, 0.1) is 11.3 Å². The van der Waals surface area contributed by atoms with Crippen LogP contribution in [0.2, 0.25) is 0 Å². The summed E-state index contributed by atoms with van der Waals surface area (Å²) in [5.74, 6) is 0.883. The maximum absolute atomic E-state index is 8.91. The molecule has 4 nitrogen and oxygen atoms in total. The lowest BCUT2D eigenvalue weighted by Crippen LogP contribution is -1.81. The third kappa shape index (κ3) is 2.19. The van der Waals surface area contributed by atoms with Gasteiger partial charge in [-0.3, -0.25) is 0 Å². The molecular formula is C9H8N4S. The monoisotopic (exact) mass is 204 g/mol. The third-order valence-electron chi connectivity index (χ3n) is 1.57. The molecule has 0 atom stereocenters. The number of nitriles is 1. The Labute approximate surface area is 86.2 Å². The van der Waals surface area contributed by atoms with Crippen molar-refractivity contribution in [2.75, 3.05) is 5.75 Å². The molecule has 5 heteroatoms. The first-order chi connectivity index (χ1) is 6.83. The summed E-state index contributed by atoms with van der Waals surface area (Å²) in [4.78, 5) is 3.54. The molecule has 0 fully saturated rings. The second kappa shape index (κ2) is 5.18. The van der Waals surface area contributed by atoms with Crippen LogP contribution in [0, 0.1) is 11.3 Å². The zero-order valence-corrected chi connectivity index (χ0v) is 8.45. The van der Waals surface area contributed by atoms with E-state index in [4.69, 9.17) is 10.8 Å². The predicted octanol–water partition coefficient (Wildman–Crippen LogP) is 3.61. The molecule has 0 aliphatic rings. The second-order valence-electron chi connectivity index (χ2n) is 2.38. The highest BCUT2D eigenvalue weighted by molar-refractivity contribution is 7.99. The maximum atomic E-state index is 8.91. The normalized spacial score (nSPS) is 8.86. The van der Waals surface area contributed by atoms with Crippen molar-refractivity contribution in [2.24, 2.45) is 5.11 Å². The molecule has 14 heavy (non-hydrogen) atoms. The number of hydrogen-bond donors (Lipinski definition) is 0. The van der Waals surface area contributed by atoms with Crippen LogP contribution in [-0.4, -0.2) is 5.75 Å². The first-order valence-corrected chi connectivity index (χ1v) is 5.03. The van der Waals surface area contributed by atoms with Crippen LogP contribution in [0.4, 0.5) is 5.69 Å². The van der Waals surface area contributed by atoms with E-state index in [0.29, 0.717) is 11.3 Å². The van der Waals surface area contributed by atoms with E-state index in [9.17, 15) is 0 Å². The Bertz CT molecular complexity index is 415. The molecule has 0 radical (unpaired) electrons. The smallest absolute Gasteiger partial charge is 0.101 e. The van der Waals surface area contributed by atoms with E-state index in [1.807, 2.05) is 19.1 Å². The Kier molecular flexibility index (Phi) is 3.86. The number of hydrogen-bond acceptors (Lipinski definition) is 3. The van der Waals surface area contributed by atoms with Gasteiger partial charge < -0.3 is 0 Å². The average molecular weight is 204 g/mol. The standard InChI is InChI=1S/C9H8N4S/c1-2-14-9-5-3-4-8(12-13-11)7(9)6-10/h3-5H,2H2,1H3. The maximum Gasteiger partial charge on any atom is 0.101 e. The zero-order chi connectivity index (χ0) is 10.4. The highest BCUT2D eigenvalue weighted by Gasteiger charge is 2.05. The number of thioether (sulfide) groups is 1. The Morgan fingerprint density at radius 3 is 3.00 bits per heavy atom. The molecule has 0 heterocycles. The van der Waals surface area contributed by atoms with Crippen molar-refractivity contribution in [1.29, 1.82) is 5.26 Å². The van der Waals surface area contributed by atoms with Gasteiger partial charge in [-0.2, -0.15) is 5.26 Å². The fourth-order valence-electron chi connectivity index (χ4n) is 1.04. The molecule has 0 N–H and O–H groups in total. The van der Waals surface area contributed by atoms with Crippen molar-refractivity contribution in [3.8, 4) is 6.07 Å². The summed E-state index contributed by atoms with van der Waals surface area (Å²) in [7, 11) is 0. The molecule has 0 bridgehead atoms. The van der Waals surface area contributed by atoms with Crippen molar-refractivity contribution in [1.82, 2.24) is 0 Å². The molecule has 0 aliphatic heterocycles. The molecule has 70 valence electrons. The number of benzene rings is 1. The first kappa shape index (κ1) is 10.5. The van der Waals surface area contributed by atoms with Gasteiger partial charge in [-0.05, 0) is 17.4 Å². The third-order valence-corrected chi connectivity index (χ3v) is 2.51. The van der Waals surface area contributed by atoms with Gasteiger partial charge >= 0.3 is 0 Å². The lowest BCUT2D eigenvalue weighted by Gasteiger charge is -2.02. The molecule has 0 unspecified atom stereocenters. The van der Waals surface area contributed by atoms with E-state index in [1.54, 1.807) is 23.9 Å². The zero-order valence-electron chi connectivity index (χ0n) is 7.64. The van der Waals surface area contributed by atoms with E-state index in [0.717, 1.165) is 10.6 Å². The molecule has 1 aromatic carbocycles. The largest absolute Gasteiger partial charge is 0.192 e. The molecule has 0 amide bonds. The fourth-order valence-corrected chi connectivity index (χ4v) is 1.82.